The summed E-state index contributed by atoms with van der Waals surface area (Å²) in [5.74, 6) is -0.0225. The van der Waals surface area contributed by atoms with Gasteiger partial charge in [0, 0.05) is 11.6 Å². The fourth-order valence-corrected chi connectivity index (χ4v) is 3.88. The molecule has 0 saturated heterocycles. The second-order valence-electron chi connectivity index (χ2n) is 5.60. The molecule has 0 N–H and O–H groups in total. The number of nitrogens with zero attached hydrogens (tertiary/aromatic N) is 1. The standard InChI is InChI=1S/C20H15Cl2N/c21-20(22)19-15-10-4-6-12-17(15)23(14-8-2-1-3-9-14)18-13-7-5-11-16(18)19/h1-13,19-20H. The summed E-state index contributed by atoms with van der Waals surface area (Å²) in [5, 5.41) is 0. The van der Waals surface area contributed by atoms with Crippen molar-refractivity contribution in [2.24, 2.45) is 0 Å². The lowest BCUT2D eigenvalue weighted by Crippen LogP contribution is -2.24. The van der Waals surface area contributed by atoms with Gasteiger partial charge < -0.3 is 4.90 Å². The number of halogens is 2. The Hall–Kier alpha value is -1.96. The van der Waals surface area contributed by atoms with Crippen molar-refractivity contribution in [2.45, 2.75) is 10.8 Å². The average Bonchev–Trinajstić information content (AvgIpc) is 2.59. The van der Waals surface area contributed by atoms with Crippen LogP contribution in [0.25, 0.3) is 0 Å². The molecule has 3 aromatic carbocycles. The lowest BCUT2D eigenvalue weighted by molar-refractivity contribution is 0.862. The first-order valence-electron chi connectivity index (χ1n) is 7.58. The molecule has 1 heterocycles. The molecule has 0 fully saturated rings. The Kier molecular flexibility index (Phi) is 3.76. The van der Waals surface area contributed by atoms with Gasteiger partial charge in [-0.15, -0.1) is 23.2 Å². The first kappa shape index (κ1) is 14.6. The van der Waals surface area contributed by atoms with Crippen LogP contribution < -0.4 is 4.90 Å². The molecule has 4 rings (SSSR count). The normalized spacial score (nSPS) is 13.8. The molecule has 3 aromatic rings. The molecule has 1 nitrogen and oxygen atoms in total. The van der Waals surface area contributed by atoms with Gasteiger partial charge in [-0.25, -0.2) is 0 Å². The smallest absolute Gasteiger partial charge is 0.118 e. The lowest BCUT2D eigenvalue weighted by Gasteiger charge is -2.38. The van der Waals surface area contributed by atoms with E-state index < -0.39 is 4.84 Å². The van der Waals surface area contributed by atoms with Crippen LogP contribution in [0.15, 0.2) is 78.9 Å². The van der Waals surface area contributed by atoms with Crippen LogP contribution in [0.4, 0.5) is 17.1 Å². The van der Waals surface area contributed by atoms with E-state index in [1.807, 2.05) is 18.2 Å². The van der Waals surface area contributed by atoms with Crippen molar-refractivity contribution in [3.8, 4) is 0 Å². The summed E-state index contributed by atoms with van der Waals surface area (Å²) in [6, 6.07) is 27.0. The first-order valence-corrected chi connectivity index (χ1v) is 8.46. The number of rotatable bonds is 2. The highest BCUT2D eigenvalue weighted by molar-refractivity contribution is 6.45. The molecule has 0 aliphatic carbocycles. The van der Waals surface area contributed by atoms with Gasteiger partial charge in [0.25, 0.3) is 0 Å². The van der Waals surface area contributed by atoms with Gasteiger partial charge in [-0.1, -0.05) is 54.6 Å². The van der Waals surface area contributed by atoms with Crippen LogP contribution in [-0.2, 0) is 0 Å². The molecule has 0 aromatic heterocycles. The number of anilines is 3. The van der Waals surface area contributed by atoms with Crippen molar-refractivity contribution >= 4 is 40.3 Å². The van der Waals surface area contributed by atoms with Gasteiger partial charge in [0.2, 0.25) is 0 Å². The van der Waals surface area contributed by atoms with Gasteiger partial charge in [0.05, 0.1) is 11.4 Å². The van der Waals surface area contributed by atoms with E-state index in [1.165, 1.54) is 0 Å². The molecule has 0 radical (unpaired) electrons. The van der Waals surface area contributed by atoms with Crippen LogP contribution >= 0.6 is 23.2 Å². The van der Waals surface area contributed by atoms with E-state index in [4.69, 9.17) is 23.2 Å². The Bertz CT molecular complexity index is 782. The minimum Gasteiger partial charge on any atom is -0.310 e. The van der Waals surface area contributed by atoms with Gasteiger partial charge in [-0.2, -0.15) is 0 Å². The zero-order valence-corrected chi connectivity index (χ0v) is 13.9. The van der Waals surface area contributed by atoms with Crippen LogP contribution in [0.1, 0.15) is 17.0 Å². The van der Waals surface area contributed by atoms with E-state index in [0.717, 1.165) is 28.2 Å². The van der Waals surface area contributed by atoms with Crippen molar-refractivity contribution in [2.75, 3.05) is 4.90 Å². The number of alkyl halides is 2. The van der Waals surface area contributed by atoms with Crippen LogP contribution in [0, 0.1) is 0 Å². The zero-order valence-electron chi connectivity index (χ0n) is 12.4. The van der Waals surface area contributed by atoms with Gasteiger partial charge in [0.1, 0.15) is 4.84 Å². The number of para-hydroxylation sites is 3. The van der Waals surface area contributed by atoms with E-state index in [0.29, 0.717) is 0 Å². The molecule has 3 heteroatoms. The second-order valence-corrected chi connectivity index (χ2v) is 6.76. The summed E-state index contributed by atoms with van der Waals surface area (Å²) in [4.78, 5) is 1.78. The summed E-state index contributed by atoms with van der Waals surface area (Å²) < 4.78 is 0. The van der Waals surface area contributed by atoms with Crippen molar-refractivity contribution in [1.29, 1.82) is 0 Å². The topological polar surface area (TPSA) is 3.24 Å². The zero-order chi connectivity index (χ0) is 15.8. The third-order valence-corrected chi connectivity index (χ3v) is 4.80. The number of hydrogen-bond acceptors (Lipinski definition) is 1. The van der Waals surface area contributed by atoms with E-state index in [2.05, 4.69) is 65.6 Å². The molecule has 0 bridgehead atoms. The van der Waals surface area contributed by atoms with Gasteiger partial charge in [-0.05, 0) is 35.4 Å². The third kappa shape index (κ3) is 2.41. The molecular weight excluding hydrogens is 325 g/mol. The molecule has 0 amide bonds. The lowest BCUT2D eigenvalue weighted by atomic mass is 9.85. The van der Waals surface area contributed by atoms with Crippen molar-refractivity contribution in [3.05, 3.63) is 90.0 Å². The van der Waals surface area contributed by atoms with Crippen LogP contribution in [-0.4, -0.2) is 4.84 Å². The fourth-order valence-electron chi connectivity index (χ4n) is 3.33. The molecule has 1 aliphatic heterocycles. The largest absolute Gasteiger partial charge is 0.310 e. The Morgan fingerprint density at radius 3 is 1.65 bits per heavy atom. The Morgan fingerprint density at radius 1 is 0.652 bits per heavy atom. The highest BCUT2D eigenvalue weighted by Gasteiger charge is 2.34. The Balaban J connectivity index is 2.01. The maximum absolute atomic E-state index is 6.35. The maximum atomic E-state index is 6.35. The molecule has 23 heavy (non-hydrogen) atoms. The summed E-state index contributed by atoms with van der Waals surface area (Å²) >= 11 is 12.7. The minimum atomic E-state index is -0.491. The van der Waals surface area contributed by atoms with E-state index in [1.54, 1.807) is 0 Å². The average molecular weight is 340 g/mol. The van der Waals surface area contributed by atoms with Gasteiger partial charge in [-0.3, -0.25) is 0 Å². The maximum Gasteiger partial charge on any atom is 0.118 e. The number of fused-ring (bicyclic) bond motifs is 2. The molecule has 0 unspecified atom stereocenters. The summed E-state index contributed by atoms with van der Waals surface area (Å²) in [7, 11) is 0. The van der Waals surface area contributed by atoms with Gasteiger partial charge >= 0.3 is 0 Å². The molecule has 0 saturated carbocycles. The monoisotopic (exact) mass is 339 g/mol. The molecule has 1 aliphatic rings. The summed E-state index contributed by atoms with van der Waals surface area (Å²) in [6.07, 6.45) is 0. The van der Waals surface area contributed by atoms with Crippen LogP contribution in [0.2, 0.25) is 0 Å². The van der Waals surface area contributed by atoms with E-state index in [-0.39, 0.29) is 5.92 Å². The first-order chi connectivity index (χ1) is 11.3. The van der Waals surface area contributed by atoms with E-state index >= 15 is 0 Å². The van der Waals surface area contributed by atoms with Crippen molar-refractivity contribution in [1.82, 2.24) is 0 Å². The minimum absolute atomic E-state index is 0.0225. The Labute approximate surface area is 146 Å². The Morgan fingerprint density at radius 2 is 1.13 bits per heavy atom. The predicted octanol–water partition coefficient (Wildman–Crippen LogP) is 6.41. The molecule has 114 valence electrons. The molecule has 0 spiro atoms. The highest BCUT2D eigenvalue weighted by Crippen LogP contribution is 2.51. The predicted molar refractivity (Wildman–Crippen MR) is 98.5 cm³/mol. The SMILES string of the molecule is ClC(Cl)C1c2ccccc2N(c2ccccc2)c2ccccc21. The fraction of sp³-hybridized carbons (Fsp3) is 0.100. The van der Waals surface area contributed by atoms with Crippen molar-refractivity contribution in [3.63, 3.8) is 0 Å². The number of hydrogen-bond donors (Lipinski definition) is 0. The van der Waals surface area contributed by atoms with E-state index in [9.17, 15) is 0 Å². The highest BCUT2D eigenvalue weighted by atomic mass is 35.5. The van der Waals surface area contributed by atoms with Gasteiger partial charge in [0.15, 0.2) is 0 Å². The van der Waals surface area contributed by atoms with Crippen LogP contribution in [0.3, 0.4) is 0 Å². The summed E-state index contributed by atoms with van der Waals surface area (Å²) in [6.45, 7) is 0. The second kappa shape index (κ2) is 5.92. The number of benzene rings is 3. The molecular formula is C20H15Cl2N. The summed E-state index contributed by atoms with van der Waals surface area (Å²) in [5.41, 5.74) is 5.71. The molecule has 0 atom stereocenters. The quantitative estimate of drug-likeness (QED) is 0.488. The third-order valence-electron chi connectivity index (χ3n) is 4.29. The van der Waals surface area contributed by atoms with Crippen LogP contribution in [0.5, 0.6) is 0 Å². The van der Waals surface area contributed by atoms with Crippen molar-refractivity contribution < 1.29 is 0 Å².